The quantitative estimate of drug-likeness (QED) is 0.802. The molecule has 0 bridgehead atoms. The van der Waals surface area contributed by atoms with E-state index in [2.05, 4.69) is 15.6 Å². The maximum atomic E-state index is 11.5. The van der Waals surface area contributed by atoms with Gasteiger partial charge >= 0.3 is 6.09 Å². The molecular weight excluding hydrogens is 246 g/mol. The van der Waals surface area contributed by atoms with Crippen molar-refractivity contribution in [2.45, 2.75) is 26.4 Å². The van der Waals surface area contributed by atoms with Gasteiger partial charge in [0.25, 0.3) is 0 Å². The van der Waals surface area contributed by atoms with Crippen LogP contribution >= 0.6 is 0 Å². The number of amides is 1. The molecule has 0 aliphatic rings. The Morgan fingerprint density at radius 2 is 2.11 bits per heavy atom. The first-order valence-corrected chi connectivity index (χ1v) is 6.09. The highest BCUT2D eigenvalue weighted by atomic mass is 16.6. The summed E-state index contributed by atoms with van der Waals surface area (Å²) in [5, 5.41) is 5.70. The van der Waals surface area contributed by atoms with Gasteiger partial charge in [0.15, 0.2) is 0 Å². The van der Waals surface area contributed by atoms with Crippen LogP contribution in [-0.4, -0.2) is 36.9 Å². The molecule has 0 spiro atoms. The van der Waals surface area contributed by atoms with Crippen LogP contribution in [0.5, 0.6) is 0 Å². The Balaban J connectivity index is 2.45. The van der Waals surface area contributed by atoms with Gasteiger partial charge in [-0.3, -0.25) is 5.32 Å². The average Bonchev–Trinajstić information content (AvgIpc) is 2.29. The number of anilines is 2. The molecule has 1 rings (SSSR count). The molecular formula is C13H21N3O3. The monoisotopic (exact) mass is 267 g/mol. The van der Waals surface area contributed by atoms with Crippen molar-refractivity contribution in [1.82, 2.24) is 4.98 Å². The average molecular weight is 267 g/mol. The summed E-state index contributed by atoms with van der Waals surface area (Å²) in [6.45, 7) is 6.75. The summed E-state index contributed by atoms with van der Waals surface area (Å²) in [4.78, 5) is 15.6. The molecule has 106 valence electrons. The van der Waals surface area contributed by atoms with Crippen LogP contribution in [0, 0.1) is 0 Å². The molecule has 0 saturated carbocycles. The maximum absolute atomic E-state index is 11.5. The zero-order valence-corrected chi connectivity index (χ0v) is 11.8. The topological polar surface area (TPSA) is 72.5 Å². The van der Waals surface area contributed by atoms with E-state index in [1.54, 1.807) is 19.4 Å². The Labute approximate surface area is 113 Å². The lowest BCUT2D eigenvalue weighted by molar-refractivity contribution is 0.0635. The van der Waals surface area contributed by atoms with Gasteiger partial charge in [-0.05, 0) is 32.9 Å². The molecule has 0 atom stereocenters. The molecule has 6 nitrogen and oxygen atoms in total. The molecule has 2 N–H and O–H groups in total. The van der Waals surface area contributed by atoms with Crippen LogP contribution in [0.4, 0.5) is 16.3 Å². The van der Waals surface area contributed by atoms with Crippen LogP contribution in [0.25, 0.3) is 0 Å². The first-order valence-electron chi connectivity index (χ1n) is 6.09. The van der Waals surface area contributed by atoms with Crippen LogP contribution < -0.4 is 10.6 Å². The number of hydrogen-bond donors (Lipinski definition) is 2. The van der Waals surface area contributed by atoms with Gasteiger partial charge < -0.3 is 14.8 Å². The second-order valence-electron chi connectivity index (χ2n) is 4.98. The summed E-state index contributed by atoms with van der Waals surface area (Å²) in [5.41, 5.74) is 0.345. The molecule has 1 amide bonds. The summed E-state index contributed by atoms with van der Waals surface area (Å²) < 4.78 is 10.1. The standard InChI is InChI=1S/C13H21N3O3/c1-13(2,3)19-12(17)16-11-6-5-10(9-15-11)14-7-8-18-4/h5-6,9,14H,7-8H2,1-4H3,(H,15,16,17). The van der Waals surface area contributed by atoms with Gasteiger partial charge in [0.05, 0.1) is 18.5 Å². The van der Waals surface area contributed by atoms with Crippen molar-refractivity contribution in [2.24, 2.45) is 0 Å². The number of hydrogen-bond acceptors (Lipinski definition) is 5. The molecule has 0 radical (unpaired) electrons. The lowest BCUT2D eigenvalue weighted by atomic mass is 10.2. The van der Waals surface area contributed by atoms with Crippen molar-refractivity contribution in [3.05, 3.63) is 18.3 Å². The van der Waals surface area contributed by atoms with E-state index in [9.17, 15) is 4.79 Å². The number of pyridine rings is 1. The van der Waals surface area contributed by atoms with Gasteiger partial charge in [-0.15, -0.1) is 0 Å². The van der Waals surface area contributed by atoms with Crippen molar-refractivity contribution >= 4 is 17.6 Å². The minimum atomic E-state index is -0.522. The minimum Gasteiger partial charge on any atom is -0.444 e. The lowest BCUT2D eigenvalue weighted by Gasteiger charge is -2.19. The maximum Gasteiger partial charge on any atom is 0.413 e. The van der Waals surface area contributed by atoms with Crippen LogP contribution in [-0.2, 0) is 9.47 Å². The van der Waals surface area contributed by atoms with E-state index in [-0.39, 0.29) is 0 Å². The second-order valence-corrected chi connectivity index (χ2v) is 4.98. The zero-order chi connectivity index (χ0) is 14.3. The highest BCUT2D eigenvalue weighted by Crippen LogP contribution is 2.12. The molecule has 1 heterocycles. The number of ether oxygens (including phenoxy) is 2. The molecule has 19 heavy (non-hydrogen) atoms. The highest BCUT2D eigenvalue weighted by Gasteiger charge is 2.16. The lowest BCUT2D eigenvalue weighted by Crippen LogP contribution is -2.27. The van der Waals surface area contributed by atoms with Gasteiger partial charge in [-0.2, -0.15) is 0 Å². The van der Waals surface area contributed by atoms with Crippen molar-refractivity contribution < 1.29 is 14.3 Å². The van der Waals surface area contributed by atoms with Crippen LogP contribution in [0.15, 0.2) is 18.3 Å². The highest BCUT2D eigenvalue weighted by molar-refractivity contribution is 5.83. The smallest absolute Gasteiger partial charge is 0.413 e. The number of rotatable bonds is 5. The molecule has 0 aliphatic heterocycles. The Kier molecular flexibility index (Phi) is 5.57. The van der Waals surface area contributed by atoms with Gasteiger partial charge in [-0.25, -0.2) is 9.78 Å². The Morgan fingerprint density at radius 1 is 1.37 bits per heavy atom. The van der Waals surface area contributed by atoms with Crippen LogP contribution in [0.3, 0.4) is 0 Å². The van der Waals surface area contributed by atoms with E-state index in [1.165, 1.54) is 0 Å². The Morgan fingerprint density at radius 3 is 2.63 bits per heavy atom. The van der Waals surface area contributed by atoms with Gasteiger partial charge in [0.1, 0.15) is 11.4 Å². The van der Waals surface area contributed by atoms with Gasteiger partial charge in [0, 0.05) is 13.7 Å². The second kappa shape index (κ2) is 6.94. The van der Waals surface area contributed by atoms with E-state index in [1.807, 2.05) is 26.8 Å². The third-order valence-electron chi connectivity index (χ3n) is 2.03. The molecule has 0 saturated heterocycles. The number of methoxy groups -OCH3 is 1. The SMILES string of the molecule is COCCNc1ccc(NC(=O)OC(C)(C)C)nc1. The van der Waals surface area contributed by atoms with E-state index < -0.39 is 11.7 Å². The number of carbonyl (C=O) groups excluding carboxylic acids is 1. The van der Waals surface area contributed by atoms with Crippen molar-refractivity contribution in [3.8, 4) is 0 Å². The zero-order valence-electron chi connectivity index (χ0n) is 11.8. The van der Waals surface area contributed by atoms with Crippen molar-refractivity contribution in [2.75, 3.05) is 30.9 Å². The largest absolute Gasteiger partial charge is 0.444 e. The molecule has 1 aromatic heterocycles. The summed E-state index contributed by atoms with van der Waals surface area (Å²) in [7, 11) is 1.65. The minimum absolute atomic E-state index is 0.451. The first-order chi connectivity index (χ1) is 8.90. The fourth-order valence-corrected chi connectivity index (χ4v) is 1.28. The number of nitrogens with zero attached hydrogens (tertiary/aromatic N) is 1. The molecule has 6 heteroatoms. The molecule has 0 unspecified atom stereocenters. The summed E-state index contributed by atoms with van der Waals surface area (Å²) >= 11 is 0. The molecule has 1 aromatic rings. The van der Waals surface area contributed by atoms with Crippen molar-refractivity contribution in [3.63, 3.8) is 0 Å². The van der Waals surface area contributed by atoms with E-state index in [0.717, 1.165) is 5.69 Å². The third-order valence-corrected chi connectivity index (χ3v) is 2.03. The molecule has 0 fully saturated rings. The van der Waals surface area contributed by atoms with Crippen molar-refractivity contribution in [1.29, 1.82) is 0 Å². The van der Waals surface area contributed by atoms with Crippen LogP contribution in [0.1, 0.15) is 20.8 Å². The summed E-state index contributed by atoms with van der Waals surface area (Å²) in [6.07, 6.45) is 1.13. The summed E-state index contributed by atoms with van der Waals surface area (Å²) in [6, 6.07) is 3.54. The Bertz CT molecular complexity index is 399. The molecule has 0 aliphatic carbocycles. The van der Waals surface area contributed by atoms with Crippen LogP contribution in [0.2, 0.25) is 0 Å². The Hall–Kier alpha value is -1.82. The predicted molar refractivity (Wildman–Crippen MR) is 74.5 cm³/mol. The predicted octanol–water partition coefficient (Wildman–Crippen LogP) is 2.49. The first kappa shape index (κ1) is 15.2. The summed E-state index contributed by atoms with van der Waals surface area (Å²) in [5.74, 6) is 0.451. The number of nitrogens with one attached hydrogen (secondary N) is 2. The third kappa shape index (κ3) is 6.61. The number of carbonyl (C=O) groups is 1. The number of aromatic nitrogens is 1. The molecule has 0 aromatic carbocycles. The van der Waals surface area contributed by atoms with Gasteiger partial charge in [-0.1, -0.05) is 0 Å². The van der Waals surface area contributed by atoms with E-state index >= 15 is 0 Å². The fraction of sp³-hybridized carbons (Fsp3) is 0.538. The normalized spacial score (nSPS) is 10.9. The van der Waals surface area contributed by atoms with E-state index in [4.69, 9.17) is 9.47 Å². The van der Waals surface area contributed by atoms with Gasteiger partial charge in [0.2, 0.25) is 0 Å². The van der Waals surface area contributed by atoms with E-state index in [0.29, 0.717) is 19.0 Å². The fourth-order valence-electron chi connectivity index (χ4n) is 1.28.